The van der Waals surface area contributed by atoms with Gasteiger partial charge in [0.05, 0.1) is 17.6 Å². The summed E-state index contributed by atoms with van der Waals surface area (Å²) in [7, 11) is 0. The van der Waals surface area contributed by atoms with Gasteiger partial charge in [-0.05, 0) is 36.4 Å². The summed E-state index contributed by atoms with van der Waals surface area (Å²) in [6.07, 6.45) is 1.18. The fraction of sp³-hybridized carbons (Fsp3) is 0.0588. The summed E-state index contributed by atoms with van der Waals surface area (Å²) in [5.74, 6) is 0.450. The molecule has 0 radical (unpaired) electrons. The van der Waals surface area contributed by atoms with Crippen molar-refractivity contribution in [2.24, 2.45) is 5.73 Å². The van der Waals surface area contributed by atoms with Gasteiger partial charge in [-0.1, -0.05) is 17.3 Å². The second-order valence-corrected chi connectivity index (χ2v) is 5.30. The molecule has 9 nitrogen and oxygen atoms in total. The second-order valence-electron chi connectivity index (χ2n) is 5.30. The lowest BCUT2D eigenvalue weighted by atomic mass is 10.2. The van der Waals surface area contributed by atoms with Gasteiger partial charge >= 0.3 is 5.76 Å². The van der Waals surface area contributed by atoms with Crippen LogP contribution in [0.4, 0.5) is 5.69 Å². The molecule has 0 fully saturated rings. The molecule has 0 unspecified atom stereocenters. The number of aromatic nitrogens is 4. The number of H-pyrrole nitrogens is 2. The molecule has 2 heterocycles. The van der Waals surface area contributed by atoms with E-state index < -0.39 is 5.76 Å². The van der Waals surface area contributed by atoms with Crippen LogP contribution < -0.4 is 16.8 Å². The largest absolute Gasteiger partial charge is 0.438 e. The Morgan fingerprint density at radius 1 is 1.19 bits per heavy atom. The topological polar surface area (TPSA) is 149 Å². The number of nitrogens with one attached hydrogen (secondary N) is 4. The number of hydrogen-bond acceptors (Lipinski definition) is 6. The average Bonchev–Trinajstić information content (AvgIpc) is 3.29. The van der Waals surface area contributed by atoms with Gasteiger partial charge in [-0.15, -0.1) is 0 Å². The Hall–Kier alpha value is -3.88. The first-order chi connectivity index (χ1) is 12.6. The number of anilines is 1. The SMILES string of the molecule is N=C(N)c1ccc(NCc2nc3ccccc3[nH]2)cc1.O=c1[nH]cno1. The predicted octanol–water partition coefficient (Wildman–Crippen LogP) is 1.82. The molecule has 0 aliphatic heterocycles. The van der Waals surface area contributed by atoms with Gasteiger partial charge < -0.3 is 16.0 Å². The van der Waals surface area contributed by atoms with Gasteiger partial charge in [-0.3, -0.25) is 14.9 Å². The number of hydrogen-bond donors (Lipinski definition) is 5. The molecule has 0 aliphatic rings. The lowest BCUT2D eigenvalue weighted by molar-refractivity contribution is 0.386. The normalized spacial score (nSPS) is 10.2. The van der Waals surface area contributed by atoms with Crippen LogP contribution in [0.5, 0.6) is 0 Å². The number of nitrogens with zero attached hydrogens (tertiary/aromatic N) is 2. The molecule has 0 saturated carbocycles. The van der Waals surface area contributed by atoms with E-state index in [4.69, 9.17) is 11.1 Å². The molecule has 0 saturated heterocycles. The fourth-order valence-electron chi connectivity index (χ4n) is 2.22. The molecular weight excluding hydrogens is 334 g/mol. The molecular formula is C17H17N7O2. The van der Waals surface area contributed by atoms with E-state index in [9.17, 15) is 4.79 Å². The van der Waals surface area contributed by atoms with E-state index >= 15 is 0 Å². The minimum absolute atomic E-state index is 0.0776. The standard InChI is InChI=1S/C15H15N5.C2H2N2O2/c16-15(17)10-5-7-11(8-6-10)18-9-14-19-12-3-1-2-4-13(12)20-14;5-2-3-1-4-6-2/h1-8,18H,9H2,(H3,16,17)(H,19,20);1H,(H,3,4,5). The maximum Gasteiger partial charge on any atom is 0.438 e. The highest BCUT2D eigenvalue weighted by Gasteiger charge is 2.02. The number of para-hydroxylation sites is 2. The predicted molar refractivity (Wildman–Crippen MR) is 98.0 cm³/mol. The zero-order valence-corrected chi connectivity index (χ0v) is 13.7. The molecule has 0 aliphatic carbocycles. The number of amidine groups is 1. The van der Waals surface area contributed by atoms with Gasteiger partial charge in [0.25, 0.3) is 0 Å². The van der Waals surface area contributed by atoms with Crippen LogP contribution in [0, 0.1) is 5.41 Å². The Bertz CT molecular complexity index is 997. The third-order valence-electron chi connectivity index (χ3n) is 3.47. The number of aromatic amines is 2. The first-order valence-electron chi connectivity index (χ1n) is 7.73. The maximum absolute atomic E-state index is 9.78. The van der Waals surface area contributed by atoms with E-state index in [1.165, 1.54) is 6.33 Å². The number of nitrogen functional groups attached to an aromatic ring is 1. The summed E-state index contributed by atoms with van der Waals surface area (Å²) in [6.45, 7) is 0.619. The Morgan fingerprint density at radius 3 is 2.54 bits per heavy atom. The smallest absolute Gasteiger partial charge is 0.384 e. The molecule has 6 N–H and O–H groups in total. The third-order valence-corrected chi connectivity index (χ3v) is 3.47. The molecule has 0 spiro atoms. The second kappa shape index (κ2) is 7.79. The molecule has 0 amide bonds. The summed E-state index contributed by atoms with van der Waals surface area (Å²) in [5.41, 5.74) is 9.12. The van der Waals surface area contributed by atoms with Crippen molar-refractivity contribution < 1.29 is 4.52 Å². The summed E-state index contributed by atoms with van der Waals surface area (Å²) >= 11 is 0. The van der Waals surface area contributed by atoms with Crippen LogP contribution in [0.3, 0.4) is 0 Å². The van der Waals surface area contributed by atoms with Crippen LogP contribution in [0.2, 0.25) is 0 Å². The van der Waals surface area contributed by atoms with Crippen LogP contribution in [0.25, 0.3) is 11.0 Å². The monoisotopic (exact) mass is 351 g/mol. The van der Waals surface area contributed by atoms with E-state index in [1.54, 1.807) is 0 Å². The number of nitrogens with two attached hydrogens (primary N) is 1. The Morgan fingerprint density at radius 2 is 1.96 bits per heavy atom. The number of fused-ring (bicyclic) bond motifs is 1. The molecule has 132 valence electrons. The molecule has 2 aromatic heterocycles. The van der Waals surface area contributed by atoms with Gasteiger partial charge in [0.15, 0.2) is 0 Å². The lowest BCUT2D eigenvalue weighted by Crippen LogP contribution is -2.10. The van der Waals surface area contributed by atoms with Crippen molar-refractivity contribution in [3.63, 3.8) is 0 Å². The zero-order chi connectivity index (χ0) is 18.4. The minimum Gasteiger partial charge on any atom is -0.384 e. The number of benzene rings is 2. The van der Waals surface area contributed by atoms with Crippen LogP contribution in [0.15, 0.2) is 64.2 Å². The quantitative estimate of drug-likeness (QED) is 0.280. The van der Waals surface area contributed by atoms with Gasteiger partial charge in [-0.25, -0.2) is 9.78 Å². The van der Waals surface area contributed by atoms with E-state index in [0.717, 1.165) is 28.1 Å². The number of rotatable bonds is 4. The first kappa shape index (κ1) is 17.0. The highest BCUT2D eigenvalue weighted by Crippen LogP contribution is 2.13. The maximum atomic E-state index is 9.78. The molecule has 0 bridgehead atoms. The van der Waals surface area contributed by atoms with Gasteiger partial charge in [0, 0.05) is 11.3 Å². The van der Waals surface area contributed by atoms with Crippen LogP contribution >= 0.6 is 0 Å². The number of imidazole rings is 1. The molecule has 4 rings (SSSR count). The highest BCUT2D eigenvalue weighted by atomic mass is 16.5. The van der Waals surface area contributed by atoms with Crippen LogP contribution in [-0.4, -0.2) is 25.9 Å². The van der Waals surface area contributed by atoms with E-state index in [2.05, 4.69) is 29.9 Å². The van der Waals surface area contributed by atoms with Crippen molar-refractivity contribution in [2.75, 3.05) is 5.32 Å². The average molecular weight is 351 g/mol. The van der Waals surface area contributed by atoms with Gasteiger partial charge in [0.2, 0.25) is 0 Å². The Kier molecular flexibility index (Phi) is 5.08. The summed E-state index contributed by atoms with van der Waals surface area (Å²) in [6, 6.07) is 15.4. The van der Waals surface area contributed by atoms with Crippen molar-refractivity contribution >= 4 is 22.6 Å². The van der Waals surface area contributed by atoms with Crippen molar-refractivity contribution in [1.29, 1.82) is 5.41 Å². The molecule has 2 aromatic carbocycles. The van der Waals surface area contributed by atoms with E-state index in [1.807, 2.05) is 48.5 Å². The van der Waals surface area contributed by atoms with Crippen LogP contribution in [-0.2, 0) is 6.54 Å². The van der Waals surface area contributed by atoms with Crippen molar-refractivity contribution in [1.82, 2.24) is 20.1 Å². The minimum atomic E-state index is -0.519. The summed E-state index contributed by atoms with van der Waals surface area (Å²) in [4.78, 5) is 19.7. The molecule has 9 heteroatoms. The van der Waals surface area contributed by atoms with Crippen molar-refractivity contribution in [3.8, 4) is 0 Å². The first-order valence-corrected chi connectivity index (χ1v) is 7.73. The van der Waals surface area contributed by atoms with Crippen LogP contribution in [0.1, 0.15) is 11.4 Å². The van der Waals surface area contributed by atoms with Crippen molar-refractivity contribution in [3.05, 3.63) is 76.8 Å². The molecule has 0 atom stereocenters. The van der Waals surface area contributed by atoms with E-state index in [0.29, 0.717) is 6.54 Å². The summed E-state index contributed by atoms with van der Waals surface area (Å²) < 4.78 is 3.97. The Labute approximate surface area is 147 Å². The van der Waals surface area contributed by atoms with Crippen molar-refractivity contribution in [2.45, 2.75) is 6.54 Å². The van der Waals surface area contributed by atoms with Gasteiger partial charge in [0.1, 0.15) is 18.0 Å². The Balaban J connectivity index is 0.000000278. The van der Waals surface area contributed by atoms with Gasteiger partial charge in [-0.2, -0.15) is 0 Å². The lowest BCUT2D eigenvalue weighted by Gasteiger charge is -2.05. The summed E-state index contributed by atoms with van der Waals surface area (Å²) in [5, 5.41) is 13.7. The zero-order valence-electron chi connectivity index (χ0n) is 13.7. The fourth-order valence-corrected chi connectivity index (χ4v) is 2.22. The molecule has 26 heavy (non-hydrogen) atoms. The van der Waals surface area contributed by atoms with E-state index in [-0.39, 0.29) is 5.84 Å². The highest BCUT2D eigenvalue weighted by molar-refractivity contribution is 5.95. The molecule has 4 aromatic rings. The third kappa shape index (κ3) is 4.35.